The van der Waals surface area contributed by atoms with Crippen molar-refractivity contribution in [3.05, 3.63) is 162 Å². The molecule has 0 bridgehead atoms. The van der Waals surface area contributed by atoms with E-state index in [-0.39, 0.29) is 23.1 Å². The number of hydrogen-bond donors (Lipinski definition) is 0. The number of anilines is 2. The highest BCUT2D eigenvalue weighted by molar-refractivity contribution is 7.27. The van der Waals surface area contributed by atoms with Crippen molar-refractivity contribution >= 4 is 104 Å². The van der Waals surface area contributed by atoms with Crippen LogP contribution in [0.1, 0.15) is 77.6 Å². The predicted molar refractivity (Wildman–Crippen MR) is 275 cm³/mol. The van der Waals surface area contributed by atoms with E-state index in [0.29, 0.717) is 0 Å². The van der Waals surface area contributed by atoms with E-state index in [1.807, 2.05) is 11.3 Å². The maximum atomic E-state index is 6.78. The van der Waals surface area contributed by atoms with E-state index in [9.17, 15) is 0 Å². The number of hydrogen-bond acceptors (Lipinski definition) is 3. The molecule has 14 rings (SSSR count). The Kier molecular flexibility index (Phi) is 6.89. The summed E-state index contributed by atoms with van der Waals surface area (Å²) in [5.74, 6) is 0. The molecule has 0 amide bonds. The summed E-state index contributed by atoms with van der Waals surface area (Å²) in [6.07, 6.45) is 0. The Hall–Kier alpha value is -6.56. The van der Waals surface area contributed by atoms with Crippen LogP contribution < -0.4 is 15.7 Å². The standard InChI is InChI=1S/C59H47BN2OS/c1-57(2,3)32-21-24-34(25-22-32)62-46-29-39-36-16-10-13-19-48(36)63-49(39)30-41(46)53-54-55-51(52-37-17-11-14-20-50(37)64-56(52)53)40-27-33(58(4,5)6)23-26-45(40)61(55)47-28-38-35-15-9-12-18-42(35)59(7,8)43(38)31-44(47)60(54)62/h9-31H,1-8H3. The summed E-state index contributed by atoms with van der Waals surface area (Å²) in [5, 5.41) is 7.66. The van der Waals surface area contributed by atoms with Crippen LogP contribution in [-0.4, -0.2) is 11.4 Å². The van der Waals surface area contributed by atoms with Crippen molar-refractivity contribution in [2.24, 2.45) is 0 Å². The van der Waals surface area contributed by atoms with E-state index in [2.05, 4.69) is 204 Å². The minimum Gasteiger partial charge on any atom is -0.456 e. The van der Waals surface area contributed by atoms with Gasteiger partial charge in [0.2, 0.25) is 0 Å². The molecule has 64 heavy (non-hydrogen) atoms. The van der Waals surface area contributed by atoms with Crippen LogP contribution in [0.15, 0.2) is 144 Å². The number of fused-ring (bicyclic) bond motifs is 19. The molecule has 308 valence electrons. The molecular formula is C59H47BN2OS. The average Bonchev–Trinajstić information content (AvgIpc) is 4.00. The molecule has 0 saturated carbocycles. The molecule has 0 unspecified atom stereocenters. The number of rotatable bonds is 1. The van der Waals surface area contributed by atoms with Crippen molar-refractivity contribution in [2.45, 2.75) is 71.6 Å². The lowest BCUT2D eigenvalue weighted by atomic mass is 9.43. The molecule has 0 atom stereocenters. The molecular weight excluding hydrogens is 796 g/mol. The molecule has 11 aromatic rings. The van der Waals surface area contributed by atoms with Gasteiger partial charge in [0.1, 0.15) is 11.2 Å². The zero-order chi connectivity index (χ0) is 43.3. The summed E-state index contributed by atoms with van der Waals surface area (Å²) in [6, 6.07) is 53.6. The van der Waals surface area contributed by atoms with Gasteiger partial charge in [-0.1, -0.05) is 140 Å². The third kappa shape index (κ3) is 4.58. The van der Waals surface area contributed by atoms with Crippen molar-refractivity contribution in [1.29, 1.82) is 0 Å². The van der Waals surface area contributed by atoms with Crippen molar-refractivity contribution in [2.75, 3.05) is 4.81 Å². The van der Waals surface area contributed by atoms with E-state index >= 15 is 0 Å². The van der Waals surface area contributed by atoms with E-state index in [1.165, 1.54) is 114 Å². The second kappa shape index (κ2) is 12.0. The molecule has 5 heteroatoms. The minimum absolute atomic E-state index is 0.0176. The van der Waals surface area contributed by atoms with Gasteiger partial charge in [-0.3, -0.25) is 0 Å². The van der Waals surface area contributed by atoms with Gasteiger partial charge in [0.05, 0.1) is 11.0 Å². The highest BCUT2D eigenvalue weighted by Gasteiger charge is 2.48. The average molecular weight is 843 g/mol. The van der Waals surface area contributed by atoms with Crippen LogP contribution in [0.4, 0.5) is 11.4 Å². The number of thiophene rings is 1. The minimum atomic E-state index is -0.164. The summed E-state index contributed by atoms with van der Waals surface area (Å²) in [4.78, 5) is 2.70. The summed E-state index contributed by atoms with van der Waals surface area (Å²) in [6.45, 7) is 18.7. The van der Waals surface area contributed by atoms with Crippen LogP contribution in [-0.2, 0) is 16.2 Å². The Balaban J connectivity index is 1.23. The molecule has 0 saturated heterocycles. The zero-order valence-corrected chi connectivity index (χ0v) is 38.4. The van der Waals surface area contributed by atoms with E-state index in [1.54, 1.807) is 0 Å². The normalized spacial score (nSPS) is 14.9. The van der Waals surface area contributed by atoms with Crippen molar-refractivity contribution < 1.29 is 4.42 Å². The monoisotopic (exact) mass is 842 g/mol. The van der Waals surface area contributed by atoms with Gasteiger partial charge in [-0.05, 0) is 110 Å². The molecule has 8 aromatic carbocycles. The third-order valence-corrected chi connectivity index (χ3v) is 16.5. The second-order valence-electron chi connectivity index (χ2n) is 21.3. The molecule has 0 spiro atoms. The first-order valence-electron chi connectivity index (χ1n) is 22.9. The smallest absolute Gasteiger partial charge is 0.333 e. The first-order valence-corrected chi connectivity index (χ1v) is 23.7. The van der Waals surface area contributed by atoms with Crippen LogP contribution in [0.5, 0.6) is 0 Å². The number of furan rings is 1. The molecule has 1 aliphatic carbocycles. The van der Waals surface area contributed by atoms with Crippen molar-refractivity contribution in [1.82, 2.24) is 4.57 Å². The van der Waals surface area contributed by atoms with E-state index in [4.69, 9.17) is 4.42 Å². The van der Waals surface area contributed by atoms with Gasteiger partial charge in [0.25, 0.3) is 0 Å². The summed E-state index contributed by atoms with van der Waals surface area (Å²) in [7, 11) is 0. The maximum absolute atomic E-state index is 6.78. The molecule has 5 heterocycles. The lowest BCUT2D eigenvalue weighted by Gasteiger charge is -2.42. The number of benzene rings is 8. The zero-order valence-electron chi connectivity index (χ0n) is 37.6. The molecule has 0 fully saturated rings. The Labute approximate surface area is 377 Å². The fraction of sp³-hybridized carbons (Fsp3) is 0.186. The van der Waals surface area contributed by atoms with Crippen molar-refractivity contribution in [3.8, 4) is 27.9 Å². The van der Waals surface area contributed by atoms with Gasteiger partial charge >= 0.3 is 6.85 Å². The Bertz CT molecular complexity index is 3900. The maximum Gasteiger partial charge on any atom is 0.333 e. The SMILES string of the molecule is CC(C)(C)c1ccc(N2B3c4cc5c(cc4-n4c6ccc(C(C)(C)C)cc6c6c7c(sc8ccccc87)c(c3c64)-c3cc4oc6ccccc6c4cc32)-c2ccccc2C5(C)C)cc1. The fourth-order valence-corrected chi connectivity index (χ4v) is 13.3. The first kappa shape index (κ1) is 36.9. The van der Waals surface area contributed by atoms with E-state index < -0.39 is 0 Å². The molecule has 3 nitrogen and oxygen atoms in total. The van der Waals surface area contributed by atoms with Gasteiger partial charge in [0.15, 0.2) is 0 Å². The molecule has 3 aliphatic rings. The lowest BCUT2D eigenvalue weighted by Crippen LogP contribution is -2.60. The summed E-state index contributed by atoms with van der Waals surface area (Å²) < 4.78 is 12.1. The fourth-order valence-electron chi connectivity index (χ4n) is 12.1. The van der Waals surface area contributed by atoms with E-state index in [0.717, 1.165) is 21.9 Å². The Morgan fingerprint density at radius 1 is 0.562 bits per heavy atom. The van der Waals surface area contributed by atoms with Crippen LogP contribution in [0.25, 0.3) is 91.9 Å². The number of para-hydroxylation sites is 1. The quantitative estimate of drug-likeness (QED) is 0.154. The van der Waals surface area contributed by atoms with Gasteiger partial charge in [0, 0.05) is 75.3 Å². The third-order valence-electron chi connectivity index (χ3n) is 15.3. The van der Waals surface area contributed by atoms with Gasteiger partial charge in [-0.2, -0.15) is 0 Å². The lowest BCUT2D eigenvalue weighted by molar-refractivity contribution is 0.590. The van der Waals surface area contributed by atoms with Crippen LogP contribution in [0.2, 0.25) is 0 Å². The van der Waals surface area contributed by atoms with Crippen LogP contribution >= 0.6 is 11.3 Å². The van der Waals surface area contributed by atoms with Gasteiger partial charge < -0.3 is 13.8 Å². The van der Waals surface area contributed by atoms with Gasteiger partial charge in [-0.15, -0.1) is 11.3 Å². The first-order chi connectivity index (χ1) is 30.8. The molecule has 0 N–H and O–H groups in total. The Morgan fingerprint density at radius 3 is 2.08 bits per heavy atom. The van der Waals surface area contributed by atoms with Crippen molar-refractivity contribution in [3.63, 3.8) is 0 Å². The highest BCUT2D eigenvalue weighted by atomic mass is 32.1. The number of aromatic nitrogens is 1. The second-order valence-corrected chi connectivity index (χ2v) is 22.3. The predicted octanol–water partition coefficient (Wildman–Crippen LogP) is 15.2. The summed E-state index contributed by atoms with van der Waals surface area (Å²) >= 11 is 1.95. The highest BCUT2D eigenvalue weighted by Crippen LogP contribution is 2.55. The Morgan fingerprint density at radius 2 is 1.28 bits per heavy atom. The van der Waals surface area contributed by atoms with Crippen LogP contribution in [0, 0.1) is 0 Å². The molecule has 0 radical (unpaired) electrons. The summed E-state index contributed by atoms with van der Waals surface area (Å²) in [5.41, 5.74) is 21.4. The molecule has 2 aliphatic heterocycles. The number of nitrogens with zero attached hydrogens (tertiary/aromatic N) is 2. The van der Waals surface area contributed by atoms with Gasteiger partial charge in [-0.25, -0.2) is 0 Å². The molecule has 3 aromatic heterocycles. The topological polar surface area (TPSA) is 21.3 Å². The van der Waals surface area contributed by atoms with Crippen LogP contribution in [0.3, 0.4) is 0 Å². The largest absolute Gasteiger partial charge is 0.456 e.